The first kappa shape index (κ1) is 21.0. The molecule has 0 amide bonds. The van der Waals surface area contributed by atoms with E-state index in [-0.39, 0.29) is 0 Å². The van der Waals surface area contributed by atoms with Crippen molar-refractivity contribution in [1.29, 1.82) is 0 Å². The summed E-state index contributed by atoms with van der Waals surface area (Å²) in [5, 5.41) is 3.64. The van der Waals surface area contributed by atoms with Gasteiger partial charge in [-0.25, -0.2) is 0 Å². The van der Waals surface area contributed by atoms with Crippen molar-refractivity contribution in [3.05, 3.63) is 88.0 Å². The molecule has 152 valence electrons. The molecule has 4 heteroatoms. The van der Waals surface area contributed by atoms with Crippen LogP contribution < -0.4 is 11.1 Å². The molecule has 0 aliphatic rings. The highest BCUT2D eigenvalue weighted by molar-refractivity contribution is 5.58. The van der Waals surface area contributed by atoms with Crippen LogP contribution in [0.5, 0.6) is 0 Å². The second-order valence-electron chi connectivity index (χ2n) is 8.38. The van der Waals surface area contributed by atoms with Gasteiger partial charge in [0.15, 0.2) is 0 Å². The zero-order valence-electron chi connectivity index (χ0n) is 18.2. The predicted molar refractivity (Wildman–Crippen MR) is 121 cm³/mol. The Balaban J connectivity index is 1.87. The fourth-order valence-electron chi connectivity index (χ4n) is 4.03. The number of hydrogen-bond acceptors (Lipinski definition) is 4. The molecular weight excluding hydrogens is 356 g/mol. The first-order valence-corrected chi connectivity index (χ1v) is 10.2. The molecule has 4 nitrogen and oxygen atoms in total. The molecule has 3 rings (SSSR count). The SMILES string of the molecule is Cc1cc(C)c(NCC(N)(Cc2cccc(C)n2)Cc2cccc(C)n2)c(C)c1. The van der Waals surface area contributed by atoms with Gasteiger partial charge in [-0.1, -0.05) is 29.8 Å². The van der Waals surface area contributed by atoms with Crippen molar-refractivity contribution in [3.63, 3.8) is 0 Å². The van der Waals surface area contributed by atoms with Crippen LogP contribution in [0.4, 0.5) is 5.69 Å². The van der Waals surface area contributed by atoms with E-state index in [1.54, 1.807) is 0 Å². The Morgan fingerprint density at radius 1 is 0.793 bits per heavy atom. The summed E-state index contributed by atoms with van der Waals surface area (Å²) >= 11 is 0. The molecule has 29 heavy (non-hydrogen) atoms. The van der Waals surface area contributed by atoms with Crippen LogP contribution in [-0.4, -0.2) is 22.1 Å². The average molecular weight is 389 g/mol. The van der Waals surface area contributed by atoms with Crippen molar-refractivity contribution in [3.8, 4) is 0 Å². The second-order valence-corrected chi connectivity index (χ2v) is 8.38. The number of nitrogens with one attached hydrogen (secondary N) is 1. The van der Waals surface area contributed by atoms with Crippen LogP contribution in [-0.2, 0) is 12.8 Å². The van der Waals surface area contributed by atoms with E-state index in [0.29, 0.717) is 19.4 Å². The number of aromatic nitrogens is 2. The maximum absolute atomic E-state index is 7.00. The van der Waals surface area contributed by atoms with Crippen molar-refractivity contribution in [2.24, 2.45) is 5.73 Å². The monoisotopic (exact) mass is 388 g/mol. The number of anilines is 1. The number of pyridine rings is 2. The Bertz CT molecular complexity index is 923. The summed E-state index contributed by atoms with van der Waals surface area (Å²) in [6, 6.07) is 16.6. The summed E-state index contributed by atoms with van der Waals surface area (Å²) < 4.78 is 0. The normalized spacial score (nSPS) is 11.5. The summed E-state index contributed by atoms with van der Waals surface area (Å²) in [5.74, 6) is 0. The molecule has 0 fully saturated rings. The van der Waals surface area contributed by atoms with Crippen molar-refractivity contribution < 1.29 is 0 Å². The van der Waals surface area contributed by atoms with Gasteiger partial charge in [-0.05, 0) is 70.0 Å². The molecule has 3 aromatic rings. The molecule has 0 spiro atoms. The number of benzene rings is 1. The van der Waals surface area contributed by atoms with Gasteiger partial charge in [0.2, 0.25) is 0 Å². The summed E-state index contributed by atoms with van der Waals surface area (Å²) in [5.41, 5.74) is 15.5. The van der Waals surface area contributed by atoms with Gasteiger partial charge in [-0.2, -0.15) is 0 Å². The summed E-state index contributed by atoms with van der Waals surface area (Å²) in [6.45, 7) is 11.1. The largest absolute Gasteiger partial charge is 0.383 e. The number of nitrogens with zero attached hydrogens (tertiary/aromatic N) is 2. The van der Waals surface area contributed by atoms with E-state index >= 15 is 0 Å². The van der Waals surface area contributed by atoms with Gasteiger partial charge >= 0.3 is 0 Å². The van der Waals surface area contributed by atoms with E-state index in [9.17, 15) is 0 Å². The minimum atomic E-state index is -0.509. The first-order chi connectivity index (χ1) is 13.7. The smallest absolute Gasteiger partial charge is 0.0441 e. The third-order valence-corrected chi connectivity index (χ3v) is 5.25. The van der Waals surface area contributed by atoms with E-state index in [1.807, 2.05) is 38.1 Å². The first-order valence-electron chi connectivity index (χ1n) is 10.2. The lowest BCUT2D eigenvalue weighted by atomic mass is 9.88. The van der Waals surface area contributed by atoms with E-state index in [0.717, 1.165) is 22.8 Å². The number of hydrogen-bond donors (Lipinski definition) is 2. The molecule has 0 radical (unpaired) electrons. The molecule has 1 aromatic carbocycles. The van der Waals surface area contributed by atoms with Gasteiger partial charge in [-0.3, -0.25) is 9.97 Å². The summed E-state index contributed by atoms with van der Waals surface area (Å²) in [6.07, 6.45) is 1.36. The van der Waals surface area contributed by atoms with E-state index in [4.69, 9.17) is 15.7 Å². The van der Waals surface area contributed by atoms with Crippen molar-refractivity contribution in [2.75, 3.05) is 11.9 Å². The Hall–Kier alpha value is -2.72. The highest BCUT2D eigenvalue weighted by Crippen LogP contribution is 2.24. The summed E-state index contributed by atoms with van der Waals surface area (Å²) in [4.78, 5) is 9.38. The Labute approximate surface area is 174 Å². The molecule has 0 aliphatic carbocycles. The van der Waals surface area contributed by atoms with E-state index < -0.39 is 5.54 Å². The fraction of sp³-hybridized carbons (Fsp3) is 0.360. The molecule has 0 aliphatic heterocycles. The summed E-state index contributed by atoms with van der Waals surface area (Å²) in [7, 11) is 0. The van der Waals surface area contributed by atoms with Crippen LogP contribution >= 0.6 is 0 Å². The zero-order chi connectivity index (χ0) is 21.0. The predicted octanol–water partition coefficient (Wildman–Crippen LogP) is 4.61. The maximum atomic E-state index is 7.00. The van der Waals surface area contributed by atoms with Crippen LogP contribution in [0.15, 0.2) is 48.5 Å². The van der Waals surface area contributed by atoms with Gasteiger partial charge in [0.1, 0.15) is 0 Å². The van der Waals surface area contributed by atoms with Crippen LogP contribution in [0, 0.1) is 34.6 Å². The van der Waals surface area contributed by atoms with Crippen molar-refractivity contribution >= 4 is 5.69 Å². The molecule has 0 unspecified atom stereocenters. The third kappa shape index (κ3) is 5.64. The highest BCUT2D eigenvalue weighted by atomic mass is 15.0. The van der Waals surface area contributed by atoms with Gasteiger partial charge in [-0.15, -0.1) is 0 Å². The van der Waals surface area contributed by atoms with Gasteiger partial charge in [0.25, 0.3) is 0 Å². The maximum Gasteiger partial charge on any atom is 0.0441 e. The molecule has 0 bridgehead atoms. The lowest BCUT2D eigenvalue weighted by Crippen LogP contribution is -2.50. The molecule has 2 heterocycles. The van der Waals surface area contributed by atoms with Crippen molar-refractivity contribution in [2.45, 2.75) is 53.0 Å². The molecule has 0 saturated carbocycles. The minimum Gasteiger partial charge on any atom is -0.383 e. The number of rotatable bonds is 7. The van der Waals surface area contributed by atoms with E-state index in [1.165, 1.54) is 22.4 Å². The van der Waals surface area contributed by atoms with Gasteiger partial charge < -0.3 is 11.1 Å². The van der Waals surface area contributed by atoms with Gasteiger partial charge in [0, 0.05) is 53.4 Å². The third-order valence-electron chi connectivity index (χ3n) is 5.25. The second kappa shape index (κ2) is 8.75. The number of nitrogens with two attached hydrogens (primary N) is 1. The van der Waals surface area contributed by atoms with Gasteiger partial charge in [0.05, 0.1) is 0 Å². The molecule has 3 N–H and O–H groups in total. The fourth-order valence-corrected chi connectivity index (χ4v) is 4.03. The molecular formula is C25H32N4. The highest BCUT2D eigenvalue weighted by Gasteiger charge is 2.28. The molecule has 2 aromatic heterocycles. The van der Waals surface area contributed by atoms with Crippen LogP contribution in [0.1, 0.15) is 39.5 Å². The topological polar surface area (TPSA) is 63.8 Å². The Morgan fingerprint density at radius 3 is 1.72 bits per heavy atom. The quantitative estimate of drug-likeness (QED) is 0.620. The van der Waals surface area contributed by atoms with Crippen LogP contribution in [0.2, 0.25) is 0 Å². The van der Waals surface area contributed by atoms with E-state index in [2.05, 4.69) is 50.4 Å². The van der Waals surface area contributed by atoms with Crippen LogP contribution in [0.25, 0.3) is 0 Å². The Kier molecular flexibility index (Phi) is 6.33. The lowest BCUT2D eigenvalue weighted by Gasteiger charge is -2.31. The number of aryl methyl sites for hydroxylation is 5. The minimum absolute atomic E-state index is 0.509. The standard InChI is InChI=1S/C25H32N4/c1-17-12-18(2)24(19(3)13-17)27-16-25(26,14-22-10-6-8-20(4)28-22)15-23-11-7-9-21(5)29-23/h6-13,27H,14-16,26H2,1-5H3. The zero-order valence-corrected chi connectivity index (χ0v) is 18.2. The molecule has 0 atom stereocenters. The van der Waals surface area contributed by atoms with Crippen LogP contribution in [0.3, 0.4) is 0 Å². The Morgan fingerprint density at radius 2 is 1.28 bits per heavy atom. The molecule has 0 saturated heterocycles. The lowest BCUT2D eigenvalue weighted by molar-refractivity contribution is 0.432. The average Bonchev–Trinajstić information content (AvgIpc) is 2.60. The van der Waals surface area contributed by atoms with Crippen molar-refractivity contribution in [1.82, 2.24) is 9.97 Å².